The second-order valence-corrected chi connectivity index (χ2v) is 9.24. The third kappa shape index (κ3) is 3.84. The molecule has 0 saturated heterocycles. The first-order valence-corrected chi connectivity index (χ1v) is 9.51. The second kappa shape index (κ2) is 6.23. The molecule has 1 aromatic heterocycles. The minimum absolute atomic E-state index is 0.0385. The van der Waals surface area contributed by atoms with Crippen LogP contribution in [0.4, 0.5) is 0 Å². The van der Waals surface area contributed by atoms with Crippen molar-refractivity contribution in [1.29, 1.82) is 0 Å². The topological polar surface area (TPSA) is 71.1 Å². The van der Waals surface area contributed by atoms with Gasteiger partial charge in [0, 0.05) is 18.0 Å². The first-order valence-electron chi connectivity index (χ1n) is 7.21. The Hall–Kier alpha value is -1.02. The molecule has 2 rings (SSSR count). The smallest absolute Gasteiger partial charge is 0.240 e. The van der Waals surface area contributed by atoms with E-state index in [1.165, 1.54) is 0 Å². The predicted molar refractivity (Wildman–Crippen MR) is 92.0 cm³/mol. The summed E-state index contributed by atoms with van der Waals surface area (Å²) < 4.78 is 28.2. The summed E-state index contributed by atoms with van der Waals surface area (Å²) in [6.07, 6.45) is 0. The molecular formula is C15H23N3O2S2. The molecule has 0 aliphatic rings. The first kappa shape index (κ1) is 17.3. The molecule has 0 radical (unpaired) electrons. The number of rotatable bonds is 5. The van der Waals surface area contributed by atoms with Gasteiger partial charge in [-0.1, -0.05) is 20.8 Å². The fourth-order valence-corrected chi connectivity index (χ4v) is 4.11. The molecule has 122 valence electrons. The van der Waals surface area contributed by atoms with Gasteiger partial charge in [0.15, 0.2) is 0 Å². The van der Waals surface area contributed by atoms with Crippen LogP contribution in [0.1, 0.15) is 32.7 Å². The number of sulfonamides is 1. The van der Waals surface area contributed by atoms with Crippen LogP contribution >= 0.6 is 11.3 Å². The summed E-state index contributed by atoms with van der Waals surface area (Å²) in [5.41, 5.74) is 0.806. The summed E-state index contributed by atoms with van der Waals surface area (Å²) in [4.78, 5) is 4.87. The van der Waals surface area contributed by atoms with Crippen LogP contribution in [0.25, 0.3) is 10.2 Å². The number of fused-ring (bicyclic) bond motifs is 1. The minimum atomic E-state index is -3.49. The van der Waals surface area contributed by atoms with Crippen molar-refractivity contribution < 1.29 is 8.42 Å². The molecular weight excluding hydrogens is 318 g/mol. The van der Waals surface area contributed by atoms with Gasteiger partial charge in [-0.05, 0) is 32.2 Å². The molecule has 22 heavy (non-hydrogen) atoms. The minimum Gasteiger partial charge on any atom is -0.316 e. The van der Waals surface area contributed by atoms with E-state index in [0.29, 0.717) is 6.54 Å². The Morgan fingerprint density at radius 3 is 2.59 bits per heavy atom. The van der Waals surface area contributed by atoms with Crippen LogP contribution in [0.3, 0.4) is 0 Å². The Bertz CT molecular complexity index is 761. The highest BCUT2D eigenvalue weighted by atomic mass is 32.2. The van der Waals surface area contributed by atoms with Gasteiger partial charge in [-0.15, -0.1) is 11.3 Å². The summed E-state index contributed by atoms with van der Waals surface area (Å²) in [6, 6.07) is 5.17. The van der Waals surface area contributed by atoms with Crippen LogP contribution in [0.15, 0.2) is 23.1 Å². The van der Waals surface area contributed by atoms with Gasteiger partial charge in [-0.3, -0.25) is 0 Å². The number of nitrogens with zero attached hydrogens (tertiary/aromatic N) is 1. The van der Waals surface area contributed by atoms with Crippen LogP contribution < -0.4 is 10.0 Å². The fraction of sp³-hybridized carbons (Fsp3) is 0.533. The maximum atomic E-state index is 12.3. The molecule has 2 N–H and O–H groups in total. The van der Waals surface area contributed by atoms with Gasteiger partial charge in [0.1, 0.15) is 0 Å². The molecule has 0 bridgehead atoms. The summed E-state index contributed by atoms with van der Waals surface area (Å²) >= 11 is 1.55. The Morgan fingerprint density at radius 2 is 2.00 bits per heavy atom. The van der Waals surface area contributed by atoms with E-state index in [0.717, 1.165) is 15.2 Å². The van der Waals surface area contributed by atoms with E-state index in [4.69, 9.17) is 0 Å². The standard InChI is InChI=1S/C15H23N3O2S2/c1-10(16-5)9-17-22(19,20)11-6-7-12-13(8-11)21-14(18-12)15(2,3)4/h6-8,10,16-17H,9H2,1-5H3. The Labute approximate surface area is 136 Å². The van der Waals surface area contributed by atoms with Gasteiger partial charge in [0.2, 0.25) is 10.0 Å². The second-order valence-electron chi connectivity index (χ2n) is 6.44. The van der Waals surface area contributed by atoms with Gasteiger partial charge in [0.05, 0.1) is 20.1 Å². The van der Waals surface area contributed by atoms with Crippen LogP contribution in [-0.4, -0.2) is 33.0 Å². The normalized spacial score (nSPS) is 14.4. The van der Waals surface area contributed by atoms with E-state index in [9.17, 15) is 8.42 Å². The van der Waals surface area contributed by atoms with E-state index in [2.05, 4.69) is 35.8 Å². The van der Waals surface area contributed by atoms with Crippen molar-refractivity contribution in [3.05, 3.63) is 23.2 Å². The zero-order valence-corrected chi connectivity index (χ0v) is 15.2. The number of thiazole rings is 1. The third-order valence-corrected chi connectivity index (χ3v) is 6.25. The van der Waals surface area contributed by atoms with Crippen molar-refractivity contribution in [1.82, 2.24) is 15.0 Å². The van der Waals surface area contributed by atoms with Crippen LogP contribution in [-0.2, 0) is 15.4 Å². The van der Waals surface area contributed by atoms with Crippen LogP contribution in [0.2, 0.25) is 0 Å². The molecule has 0 amide bonds. The Kier molecular flexibility index (Phi) is 4.91. The zero-order valence-electron chi connectivity index (χ0n) is 13.6. The van der Waals surface area contributed by atoms with Crippen molar-refractivity contribution in [2.24, 2.45) is 0 Å². The zero-order chi connectivity index (χ0) is 16.5. The monoisotopic (exact) mass is 341 g/mol. The van der Waals surface area contributed by atoms with E-state index >= 15 is 0 Å². The highest BCUT2D eigenvalue weighted by molar-refractivity contribution is 7.89. The van der Waals surface area contributed by atoms with Crippen molar-refractivity contribution in [3.8, 4) is 0 Å². The fourth-order valence-electron chi connectivity index (χ4n) is 1.81. The lowest BCUT2D eigenvalue weighted by Crippen LogP contribution is -2.37. The number of aromatic nitrogens is 1. The summed E-state index contributed by atoms with van der Waals surface area (Å²) in [5.74, 6) is 0. The predicted octanol–water partition coefficient (Wildman–Crippen LogP) is 2.48. The average molecular weight is 342 g/mol. The summed E-state index contributed by atoms with van der Waals surface area (Å²) in [5, 5.41) is 4.01. The maximum absolute atomic E-state index is 12.3. The molecule has 0 spiro atoms. The van der Waals surface area contributed by atoms with Crippen LogP contribution in [0.5, 0.6) is 0 Å². The first-order chi connectivity index (χ1) is 10.1. The van der Waals surface area contributed by atoms with Crippen molar-refractivity contribution in [2.45, 2.75) is 44.0 Å². The average Bonchev–Trinajstić information content (AvgIpc) is 2.87. The molecule has 0 aliphatic carbocycles. The van der Waals surface area contributed by atoms with Gasteiger partial charge >= 0.3 is 0 Å². The number of likely N-dealkylation sites (N-methyl/N-ethyl adjacent to an activating group) is 1. The van der Waals surface area contributed by atoms with Crippen molar-refractivity contribution in [2.75, 3.05) is 13.6 Å². The van der Waals surface area contributed by atoms with E-state index in [1.54, 1.807) is 36.6 Å². The Balaban J connectivity index is 2.32. The van der Waals surface area contributed by atoms with Crippen LogP contribution in [0, 0.1) is 0 Å². The molecule has 0 saturated carbocycles. The quantitative estimate of drug-likeness (QED) is 0.876. The summed E-state index contributed by atoms with van der Waals surface area (Å²) in [7, 11) is -1.69. The molecule has 1 unspecified atom stereocenters. The van der Waals surface area contributed by atoms with E-state index in [1.807, 2.05) is 6.92 Å². The summed E-state index contributed by atoms with van der Waals surface area (Å²) in [6.45, 7) is 8.58. The molecule has 5 nitrogen and oxygen atoms in total. The SMILES string of the molecule is CNC(C)CNS(=O)(=O)c1ccc2nc(C(C)(C)C)sc2c1. The van der Waals surface area contributed by atoms with E-state index in [-0.39, 0.29) is 16.4 Å². The Morgan fingerprint density at radius 1 is 1.32 bits per heavy atom. The van der Waals surface area contributed by atoms with Gasteiger partial charge in [-0.2, -0.15) is 0 Å². The number of nitrogens with one attached hydrogen (secondary N) is 2. The molecule has 1 atom stereocenters. The largest absolute Gasteiger partial charge is 0.316 e. The third-order valence-electron chi connectivity index (χ3n) is 3.38. The highest BCUT2D eigenvalue weighted by Crippen LogP contribution is 2.32. The maximum Gasteiger partial charge on any atom is 0.240 e. The van der Waals surface area contributed by atoms with Crippen molar-refractivity contribution in [3.63, 3.8) is 0 Å². The molecule has 0 fully saturated rings. The van der Waals surface area contributed by atoms with Gasteiger partial charge < -0.3 is 5.32 Å². The van der Waals surface area contributed by atoms with E-state index < -0.39 is 10.0 Å². The molecule has 7 heteroatoms. The lowest BCUT2D eigenvalue weighted by Gasteiger charge is -2.13. The molecule has 2 aromatic rings. The lowest BCUT2D eigenvalue weighted by molar-refractivity contribution is 0.554. The molecule has 1 heterocycles. The molecule has 0 aliphatic heterocycles. The van der Waals surface area contributed by atoms with Gasteiger partial charge in [0.25, 0.3) is 0 Å². The molecule has 1 aromatic carbocycles. The number of hydrogen-bond acceptors (Lipinski definition) is 5. The number of benzene rings is 1. The van der Waals surface area contributed by atoms with Crippen molar-refractivity contribution >= 4 is 31.6 Å². The number of hydrogen-bond donors (Lipinski definition) is 2. The lowest BCUT2D eigenvalue weighted by atomic mass is 9.98. The highest BCUT2D eigenvalue weighted by Gasteiger charge is 2.20. The van der Waals surface area contributed by atoms with Gasteiger partial charge in [-0.25, -0.2) is 18.1 Å².